The smallest absolute Gasteiger partial charge is 0.0449 e. The lowest BCUT2D eigenvalue weighted by Gasteiger charge is -2.02. The van der Waals surface area contributed by atoms with Crippen molar-refractivity contribution in [2.75, 3.05) is 0 Å². The summed E-state index contributed by atoms with van der Waals surface area (Å²) in [7, 11) is 0. The Labute approximate surface area is 429 Å². The molecule has 0 unspecified atom stereocenters. The van der Waals surface area contributed by atoms with E-state index in [-0.39, 0.29) is 0 Å². The van der Waals surface area contributed by atoms with Crippen LogP contribution in [-0.2, 0) is 25.7 Å². The largest absolute Gasteiger partial charge is 0.139 e. The fourth-order valence-electron chi connectivity index (χ4n) is 8.81. The van der Waals surface area contributed by atoms with Crippen LogP contribution in [0.5, 0.6) is 0 Å². The van der Waals surface area contributed by atoms with E-state index in [1.165, 1.54) is 210 Å². The third kappa shape index (κ3) is 15.1. The highest BCUT2D eigenvalue weighted by molar-refractivity contribution is 7.29. The maximum atomic E-state index is 2.38. The van der Waals surface area contributed by atoms with Gasteiger partial charge in [0.1, 0.15) is 0 Å². The molecule has 8 heteroatoms. The summed E-state index contributed by atoms with van der Waals surface area (Å²) in [6.07, 6.45) is 32.7. The summed E-state index contributed by atoms with van der Waals surface area (Å²) in [6, 6.07) is 37.6. The zero-order valence-electron chi connectivity index (χ0n) is 39.5. The predicted molar refractivity (Wildman–Crippen MR) is 307 cm³/mol. The summed E-state index contributed by atoms with van der Waals surface area (Å²) in [5, 5.41) is 0. The Morgan fingerprint density at radius 1 is 0.197 bits per heavy atom. The molecular formula is C58H70S8. The molecule has 350 valence electrons. The van der Waals surface area contributed by atoms with Gasteiger partial charge in [-0.25, -0.2) is 0 Å². The van der Waals surface area contributed by atoms with Crippen molar-refractivity contribution in [1.29, 1.82) is 0 Å². The van der Waals surface area contributed by atoms with E-state index in [4.69, 9.17) is 0 Å². The predicted octanol–water partition coefficient (Wildman–Crippen LogP) is 22.9. The van der Waals surface area contributed by atoms with Crippen LogP contribution in [0.25, 0.3) is 58.5 Å². The van der Waals surface area contributed by atoms with Crippen molar-refractivity contribution in [3.63, 3.8) is 0 Å². The second kappa shape index (κ2) is 27.1. The van der Waals surface area contributed by atoms with E-state index in [1.54, 1.807) is 9.75 Å². The molecule has 0 spiro atoms. The number of rotatable bonds is 31. The van der Waals surface area contributed by atoms with E-state index in [9.17, 15) is 0 Å². The van der Waals surface area contributed by atoms with Crippen molar-refractivity contribution in [2.45, 2.75) is 168 Å². The molecule has 0 fully saturated rings. The van der Waals surface area contributed by atoms with Gasteiger partial charge < -0.3 is 0 Å². The average molecular weight is 1020 g/mol. The fourth-order valence-corrected chi connectivity index (χ4v) is 17.5. The van der Waals surface area contributed by atoms with Crippen LogP contribution in [-0.4, -0.2) is 0 Å². The molecule has 8 heterocycles. The van der Waals surface area contributed by atoms with E-state index in [0.717, 1.165) is 12.8 Å². The van der Waals surface area contributed by atoms with Gasteiger partial charge in [0.25, 0.3) is 0 Å². The molecule has 0 aliphatic heterocycles. The Kier molecular flexibility index (Phi) is 20.5. The zero-order chi connectivity index (χ0) is 45.2. The Morgan fingerprint density at radius 2 is 0.379 bits per heavy atom. The molecule has 0 N–H and O–H groups in total. The first-order chi connectivity index (χ1) is 32.6. The zero-order valence-corrected chi connectivity index (χ0v) is 46.0. The molecule has 0 amide bonds. The van der Waals surface area contributed by atoms with Gasteiger partial charge in [-0.2, -0.15) is 0 Å². The van der Waals surface area contributed by atoms with E-state index >= 15 is 0 Å². The van der Waals surface area contributed by atoms with Crippen LogP contribution in [0.1, 0.15) is 162 Å². The third-order valence-corrected chi connectivity index (χ3v) is 22.8. The summed E-state index contributed by atoms with van der Waals surface area (Å²) in [5.74, 6) is 0. The van der Waals surface area contributed by atoms with Crippen LogP contribution >= 0.6 is 90.7 Å². The van der Waals surface area contributed by atoms with Crippen LogP contribution in [0.2, 0.25) is 0 Å². The van der Waals surface area contributed by atoms with E-state index < -0.39 is 0 Å². The molecule has 0 saturated heterocycles. The lowest BCUT2D eigenvalue weighted by molar-refractivity contribution is 0.557. The topological polar surface area (TPSA) is 0 Å². The van der Waals surface area contributed by atoms with Gasteiger partial charge in [0, 0.05) is 78.0 Å². The van der Waals surface area contributed by atoms with Crippen molar-refractivity contribution in [2.24, 2.45) is 0 Å². The van der Waals surface area contributed by atoms with Gasteiger partial charge in [0.05, 0.1) is 0 Å². The number of aryl methyl sites for hydroxylation is 4. The van der Waals surface area contributed by atoms with Crippen molar-refractivity contribution >= 4 is 90.7 Å². The Bertz CT molecular complexity index is 2390. The third-order valence-electron chi connectivity index (χ3n) is 12.7. The van der Waals surface area contributed by atoms with E-state index in [1.807, 2.05) is 90.7 Å². The summed E-state index contributed by atoms with van der Waals surface area (Å²) >= 11 is 15.7. The SMILES string of the molecule is CCCCCCCCCCCCc1ccc(-c2ccc(-c3ccc(-c4ccc(CCc5ccc(-c6ccc(-c7ccc(-c8ccc(CCCCCCCCCCCC)s8)s7)s6)s5)s4)s3)s2)s1. The first-order valence-electron chi connectivity index (χ1n) is 25.4. The van der Waals surface area contributed by atoms with E-state index in [2.05, 4.69) is 111 Å². The van der Waals surface area contributed by atoms with Crippen molar-refractivity contribution in [1.82, 2.24) is 0 Å². The summed E-state index contributed by atoms with van der Waals surface area (Å²) in [4.78, 5) is 22.8. The van der Waals surface area contributed by atoms with Crippen molar-refractivity contribution in [3.05, 3.63) is 117 Å². The molecule has 8 aromatic rings. The molecule has 0 nitrogen and oxygen atoms in total. The summed E-state index contributed by atoms with van der Waals surface area (Å²) in [5.41, 5.74) is 0. The minimum Gasteiger partial charge on any atom is -0.139 e. The first kappa shape index (κ1) is 50.0. The Balaban J connectivity index is 0.754. The molecule has 66 heavy (non-hydrogen) atoms. The molecule has 0 aliphatic carbocycles. The minimum absolute atomic E-state index is 1.09. The minimum atomic E-state index is 1.09. The van der Waals surface area contributed by atoms with Crippen LogP contribution in [0.4, 0.5) is 0 Å². The fraction of sp³-hybridized carbons (Fsp3) is 0.448. The summed E-state index contributed by atoms with van der Waals surface area (Å²) < 4.78 is 0. The van der Waals surface area contributed by atoms with Gasteiger partial charge in [0.2, 0.25) is 0 Å². The molecule has 0 bridgehead atoms. The molecular weight excluding hydrogens is 953 g/mol. The van der Waals surface area contributed by atoms with Gasteiger partial charge in [-0.3, -0.25) is 0 Å². The highest BCUT2D eigenvalue weighted by Crippen LogP contribution is 2.45. The maximum Gasteiger partial charge on any atom is 0.0449 e. The van der Waals surface area contributed by atoms with Gasteiger partial charge in [-0.1, -0.05) is 129 Å². The summed E-state index contributed by atoms with van der Waals surface area (Å²) in [6.45, 7) is 4.60. The highest BCUT2D eigenvalue weighted by Gasteiger charge is 2.15. The quantitative estimate of drug-likeness (QED) is 0.0380. The molecule has 8 rings (SSSR count). The highest BCUT2D eigenvalue weighted by atomic mass is 32.1. The number of hydrogen-bond donors (Lipinski definition) is 0. The van der Waals surface area contributed by atoms with E-state index in [0.29, 0.717) is 0 Å². The molecule has 0 atom stereocenters. The monoisotopic (exact) mass is 1020 g/mol. The van der Waals surface area contributed by atoms with Gasteiger partial charge in [0.15, 0.2) is 0 Å². The second-order valence-electron chi connectivity index (χ2n) is 18.1. The van der Waals surface area contributed by atoms with Crippen LogP contribution in [0.3, 0.4) is 0 Å². The maximum absolute atomic E-state index is 2.38. The van der Waals surface area contributed by atoms with Crippen LogP contribution < -0.4 is 0 Å². The number of unbranched alkanes of at least 4 members (excludes halogenated alkanes) is 18. The van der Waals surface area contributed by atoms with Gasteiger partial charge in [-0.15, -0.1) is 90.7 Å². The number of thiophene rings is 8. The molecule has 0 saturated carbocycles. The van der Waals surface area contributed by atoms with Crippen LogP contribution in [0.15, 0.2) is 97.1 Å². The normalized spacial score (nSPS) is 11.7. The molecule has 0 aromatic carbocycles. The van der Waals surface area contributed by atoms with Gasteiger partial charge in [-0.05, 0) is 136 Å². The van der Waals surface area contributed by atoms with Gasteiger partial charge >= 0.3 is 0 Å². The first-order valence-corrected chi connectivity index (χ1v) is 31.9. The second-order valence-corrected chi connectivity index (χ2v) is 27.1. The molecule has 8 aromatic heterocycles. The van der Waals surface area contributed by atoms with Crippen molar-refractivity contribution in [3.8, 4) is 58.5 Å². The molecule has 0 radical (unpaired) electrons. The van der Waals surface area contributed by atoms with Crippen LogP contribution in [0, 0.1) is 0 Å². The Morgan fingerprint density at radius 3 is 0.621 bits per heavy atom. The lowest BCUT2D eigenvalue weighted by atomic mass is 10.1. The lowest BCUT2D eigenvalue weighted by Crippen LogP contribution is -1.84. The Hall–Kier alpha value is -2.40. The standard InChI is InChI=1S/C58H70S8/c1-3-5-7-9-11-13-15-17-19-21-23-43-27-31-47(59-43)51-35-39-55(63-51)57-41-37-53(65-57)49-33-29-45(61-49)25-26-46-30-34-50(62-46)54-38-42-58(66-54)56-40-36-52(64-56)48-32-28-44(60-48)24-22-20-18-16-14-12-10-8-6-4-2/h27-42H,3-26H2,1-2H3. The number of hydrogen-bond acceptors (Lipinski definition) is 8. The average Bonchev–Trinajstić information content (AvgIpc) is 4.19. The molecule has 0 aliphatic rings. The van der Waals surface area contributed by atoms with Crippen molar-refractivity contribution < 1.29 is 0 Å².